The zero-order valence-electron chi connectivity index (χ0n) is 18.8. The van der Waals surface area contributed by atoms with Crippen molar-refractivity contribution in [1.29, 1.82) is 0 Å². The number of esters is 1. The summed E-state index contributed by atoms with van der Waals surface area (Å²) in [5.74, 6) is -0.396. The third kappa shape index (κ3) is 3.57. The Bertz CT molecular complexity index is 650. The normalized spacial score (nSPS) is 30.7. The largest absolute Gasteiger partial charge is 0.489 e. The van der Waals surface area contributed by atoms with Crippen LogP contribution in [0, 0.1) is 5.92 Å². The molecule has 0 bridgehead atoms. The van der Waals surface area contributed by atoms with Gasteiger partial charge in [-0.15, -0.1) is 0 Å². The smallest absolute Gasteiger partial charge is 0.469 e. The van der Waals surface area contributed by atoms with Gasteiger partial charge >= 0.3 is 20.2 Å². The van der Waals surface area contributed by atoms with E-state index in [0.29, 0.717) is 19.3 Å². The second kappa shape index (κ2) is 6.86. The van der Waals surface area contributed by atoms with Crippen LogP contribution in [-0.4, -0.2) is 49.7 Å². The molecule has 28 heavy (non-hydrogen) atoms. The van der Waals surface area contributed by atoms with Crippen molar-refractivity contribution >= 4 is 20.2 Å². The summed E-state index contributed by atoms with van der Waals surface area (Å²) in [5.41, 5.74) is 0.236. The Kier molecular flexibility index (Phi) is 5.36. The number of carbonyl (C=O) groups excluding carboxylic acids is 1. The fourth-order valence-electron chi connectivity index (χ4n) is 3.84. The molecule has 1 aliphatic carbocycles. The molecule has 0 saturated carbocycles. The predicted octanol–water partition coefficient (Wildman–Crippen LogP) is 3.52. The highest BCUT2D eigenvalue weighted by Crippen LogP contribution is 2.46. The first kappa shape index (κ1) is 21.9. The maximum atomic E-state index is 12.2. The highest BCUT2D eigenvalue weighted by atomic mass is 16.7. The van der Waals surface area contributed by atoms with Crippen molar-refractivity contribution < 1.29 is 28.1 Å². The van der Waals surface area contributed by atoms with Crippen molar-refractivity contribution in [2.24, 2.45) is 5.92 Å². The lowest BCUT2D eigenvalue weighted by Crippen LogP contribution is -2.41. The van der Waals surface area contributed by atoms with Gasteiger partial charge in [-0.25, -0.2) is 0 Å². The topological polar surface area (TPSA) is 63.2 Å². The first-order chi connectivity index (χ1) is 12.7. The first-order valence-corrected chi connectivity index (χ1v) is 10.2. The molecular formula is C20H34B2O6. The van der Waals surface area contributed by atoms with E-state index in [1.54, 1.807) is 0 Å². The SMILES string of the molecule is COC(=O)C1CCC(B2OC(C)(C)C(C)(C)O2)=C(B2OC(C)(C)C(C)(C)O2)C1. The Morgan fingerprint density at radius 2 is 1.21 bits per heavy atom. The van der Waals surface area contributed by atoms with E-state index >= 15 is 0 Å². The maximum Gasteiger partial charge on any atom is 0.489 e. The molecule has 0 aromatic carbocycles. The molecule has 1 atom stereocenters. The van der Waals surface area contributed by atoms with E-state index in [1.165, 1.54) is 7.11 Å². The Morgan fingerprint density at radius 1 is 0.821 bits per heavy atom. The highest BCUT2D eigenvalue weighted by Gasteiger charge is 2.57. The van der Waals surface area contributed by atoms with Crippen LogP contribution >= 0.6 is 0 Å². The van der Waals surface area contributed by atoms with E-state index in [2.05, 4.69) is 0 Å². The quantitative estimate of drug-likeness (QED) is 0.541. The second-order valence-corrected chi connectivity index (χ2v) is 10.2. The molecule has 1 unspecified atom stereocenters. The summed E-state index contributed by atoms with van der Waals surface area (Å²) in [6, 6.07) is 0. The molecule has 2 saturated heterocycles. The fourth-order valence-corrected chi connectivity index (χ4v) is 3.84. The highest BCUT2D eigenvalue weighted by molar-refractivity contribution is 6.62. The van der Waals surface area contributed by atoms with E-state index in [1.807, 2.05) is 55.4 Å². The number of rotatable bonds is 3. The van der Waals surface area contributed by atoms with Gasteiger partial charge < -0.3 is 23.4 Å². The lowest BCUT2D eigenvalue weighted by molar-refractivity contribution is -0.145. The monoisotopic (exact) mass is 392 g/mol. The van der Waals surface area contributed by atoms with Crippen molar-refractivity contribution in [2.75, 3.05) is 7.11 Å². The van der Waals surface area contributed by atoms with Crippen LogP contribution in [0.5, 0.6) is 0 Å². The predicted molar refractivity (Wildman–Crippen MR) is 109 cm³/mol. The molecule has 156 valence electrons. The maximum absolute atomic E-state index is 12.2. The van der Waals surface area contributed by atoms with Crippen LogP contribution in [0.4, 0.5) is 0 Å². The van der Waals surface area contributed by atoms with Gasteiger partial charge in [0.15, 0.2) is 0 Å². The summed E-state index contributed by atoms with van der Waals surface area (Å²) in [4.78, 5) is 12.2. The van der Waals surface area contributed by atoms with Crippen molar-refractivity contribution in [3.63, 3.8) is 0 Å². The molecule has 0 aromatic rings. The van der Waals surface area contributed by atoms with Gasteiger partial charge in [0.2, 0.25) is 0 Å². The number of methoxy groups -OCH3 is 1. The van der Waals surface area contributed by atoms with Crippen molar-refractivity contribution in [2.45, 2.75) is 97.1 Å². The third-order valence-corrected chi connectivity index (χ3v) is 7.25. The molecule has 2 heterocycles. The standard InChI is InChI=1S/C20H34B2O6/c1-17(2)18(3,4)26-21(25-17)14-11-10-13(16(23)24-9)12-15(14)22-27-19(5,6)20(7,8)28-22/h13H,10-12H2,1-9H3. The summed E-state index contributed by atoms with van der Waals surface area (Å²) in [7, 11) is 0.452. The molecule has 0 aromatic heterocycles. The number of allylic oxidation sites excluding steroid dienone is 2. The van der Waals surface area contributed by atoms with Gasteiger partial charge in [0.05, 0.1) is 35.4 Å². The number of carbonyl (C=O) groups is 1. The van der Waals surface area contributed by atoms with Crippen molar-refractivity contribution in [1.82, 2.24) is 0 Å². The summed E-state index contributed by atoms with van der Waals surface area (Å²) >= 11 is 0. The van der Waals surface area contributed by atoms with Crippen molar-refractivity contribution in [3.05, 3.63) is 10.9 Å². The van der Waals surface area contributed by atoms with Crippen LogP contribution in [0.2, 0.25) is 0 Å². The van der Waals surface area contributed by atoms with Gasteiger partial charge in [0, 0.05) is 0 Å². The van der Waals surface area contributed by atoms with Gasteiger partial charge in [-0.05, 0) is 85.6 Å². The van der Waals surface area contributed by atoms with E-state index in [0.717, 1.165) is 10.9 Å². The molecule has 3 rings (SSSR count). The van der Waals surface area contributed by atoms with E-state index in [-0.39, 0.29) is 11.9 Å². The van der Waals surface area contributed by atoms with Crippen molar-refractivity contribution in [3.8, 4) is 0 Å². The summed E-state index contributed by atoms with van der Waals surface area (Å²) in [5, 5.41) is 0. The van der Waals surface area contributed by atoms with Crippen LogP contribution in [0.15, 0.2) is 10.9 Å². The summed E-state index contributed by atoms with van der Waals surface area (Å²) in [6.45, 7) is 16.3. The average molecular weight is 392 g/mol. The summed E-state index contributed by atoms with van der Waals surface area (Å²) in [6.07, 6.45) is 1.92. The van der Waals surface area contributed by atoms with E-state index in [4.69, 9.17) is 23.4 Å². The van der Waals surface area contributed by atoms with Gasteiger partial charge in [0.1, 0.15) is 0 Å². The number of hydrogen-bond acceptors (Lipinski definition) is 6. The van der Waals surface area contributed by atoms with Crippen LogP contribution < -0.4 is 0 Å². The van der Waals surface area contributed by atoms with E-state index in [9.17, 15) is 4.79 Å². The van der Waals surface area contributed by atoms with Crippen LogP contribution in [0.3, 0.4) is 0 Å². The number of ether oxygens (including phenoxy) is 1. The zero-order valence-corrected chi connectivity index (χ0v) is 18.8. The minimum Gasteiger partial charge on any atom is -0.469 e. The third-order valence-electron chi connectivity index (χ3n) is 7.25. The Morgan fingerprint density at radius 3 is 1.61 bits per heavy atom. The molecule has 2 fully saturated rings. The average Bonchev–Trinajstić information content (AvgIpc) is 2.93. The lowest BCUT2D eigenvalue weighted by Gasteiger charge is -2.32. The van der Waals surface area contributed by atoms with Gasteiger partial charge in [0.25, 0.3) is 0 Å². The lowest BCUT2D eigenvalue weighted by atomic mass is 9.58. The molecule has 0 spiro atoms. The van der Waals surface area contributed by atoms with E-state index < -0.39 is 36.6 Å². The molecule has 6 nitrogen and oxygen atoms in total. The fraction of sp³-hybridized carbons (Fsp3) is 0.850. The van der Waals surface area contributed by atoms with Gasteiger partial charge in [-0.3, -0.25) is 4.79 Å². The Balaban J connectivity index is 1.97. The molecule has 0 amide bonds. The Hall–Kier alpha value is -0.820. The van der Waals surface area contributed by atoms with Crippen LogP contribution in [0.25, 0.3) is 0 Å². The van der Waals surface area contributed by atoms with Gasteiger partial charge in [-0.1, -0.05) is 0 Å². The molecule has 0 N–H and O–H groups in total. The zero-order chi connectivity index (χ0) is 21.1. The Labute approximate surface area is 169 Å². The van der Waals surface area contributed by atoms with Crippen LogP contribution in [-0.2, 0) is 28.1 Å². The molecule has 8 heteroatoms. The molecule has 3 aliphatic rings. The molecular weight excluding hydrogens is 358 g/mol. The number of hydrogen-bond donors (Lipinski definition) is 0. The van der Waals surface area contributed by atoms with Crippen LogP contribution in [0.1, 0.15) is 74.7 Å². The first-order valence-electron chi connectivity index (χ1n) is 10.2. The summed E-state index contributed by atoms with van der Waals surface area (Å²) < 4.78 is 30.3. The second-order valence-electron chi connectivity index (χ2n) is 10.2. The molecule has 0 radical (unpaired) electrons. The minimum atomic E-state index is -0.522. The molecule has 2 aliphatic heterocycles. The minimum absolute atomic E-state index is 0.193. The van der Waals surface area contributed by atoms with Gasteiger partial charge in [-0.2, -0.15) is 0 Å².